The lowest BCUT2D eigenvalue weighted by atomic mass is 10.1. The van der Waals surface area contributed by atoms with Gasteiger partial charge >= 0.3 is 0 Å². The first-order chi connectivity index (χ1) is 8.58. The average Bonchev–Trinajstić information content (AvgIpc) is 2.52. The fourth-order valence-electron chi connectivity index (χ4n) is 2.45. The predicted molar refractivity (Wildman–Crippen MR) is 70.8 cm³/mol. The Morgan fingerprint density at radius 1 is 1.44 bits per heavy atom. The van der Waals surface area contributed by atoms with Gasteiger partial charge < -0.3 is 15.0 Å². The molecule has 2 rings (SSSR count). The van der Waals surface area contributed by atoms with Gasteiger partial charge in [-0.1, -0.05) is 30.9 Å². The van der Waals surface area contributed by atoms with Gasteiger partial charge in [0.15, 0.2) is 0 Å². The van der Waals surface area contributed by atoms with E-state index in [-0.39, 0.29) is 11.9 Å². The first-order valence-corrected chi connectivity index (χ1v) is 6.76. The van der Waals surface area contributed by atoms with E-state index in [0.29, 0.717) is 10.7 Å². The molecule has 2 N–H and O–H groups in total. The van der Waals surface area contributed by atoms with Gasteiger partial charge in [-0.25, -0.2) is 0 Å². The van der Waals surface area contributed by atoms with E-state index >= 15 is 0 Å². The van der Waals surface area contributed by atoms with E-state index in [9.17, 15) is 9.90 Å². The highest BCUT2D eigenvalue weighted by molar-refractivity contribution is 6.31. The molecule has 1 amide bonds. The molecule has 5 heteroatoms. The molecular formula is C13H19ClN2O2. The molecule has 1 aliphatic rings. The van der Waals surface area contributed by atoms with Crippen molar-refractivity contribution in [3.05, 3.63) is 23.0 Å². The van der Waals surface area contributed by atoms with Crippen LogP contribution in [0.5, 0.6) is 0 Å². The van der Waals surface area contributed by atoms with Gasteiger partial charge in [0.2, 0.25) is 0 Å². The van der Waals surface area contributed by atoms with Crippen molar-refractivity contribution < 1.29 is 9.90 Å². The number of rotatable bonds is 2. The predicted octanol–water partition coefficient (Wildman–Crippen LogP) is 2.10. The first-order valence-electron chi connectivity index (χ1n) is 6.38. The van der Waals surface area contributed by atoms with Gasteiger partial charge in [0.25, 0.3) is 5.91 Å². The lowest BCUT2D eigenvalue weighted by Crippen LogP contribution is -2.43. The summed E-state index contributed by atoms with van der Waals surface area (Å²) in [6, 6.07) is 1.49. The van der Waals surface area contributed by atoms with Gasteiger partial charge in [0.1, 0.15) is 5.69 Å². The van der Waals surface area contributed by atoms with Crippen molar-refractivity contribution in [3.63, 3.8) is 0 Å². The van der Waals surface area contributed by atoms with Crippen LogP contribution in [0.1, 0.15) is 42.6 Å². The van der Waals surface area contributed by atoms with Crippen LogP contribution in [0.4, 0.5) is 0 Å². The number of aliphatic hydroxyl groups excluding tert-OH is 1. The molecule has 0 spiro atoms. The summed E-state index contributed by atoms with van der Waals surface area (Å²) < 4.78 is 1.70. The van der Waals surface area contributed by atoms with Crippen molar-refractivity contribution in [2.24, 2.45) is 7.05 Å². The quantitative estimate of drug-likeness (QED) is 0.809. The summed E-state index contributed by atoms with van der Waals surface area (Å²) in [7, 11) is 1.78. The van der Waals surface area contributed by atoms with E-state index in [1.807, 2.05) is 0 Å². The number of halogens is 1. The molecule has 18 heavy (non-hydrogen) atoms. The second-order valence-corrected chi connectivity index (χ2v) is 5.38. The standard InChI is InChI=1S/C13H19ClN2O2/c1-16-8-9(14)7-11(16)13(18)15-10-5-3-2-4-6-12(10)17/h7-8,10,12,17H,2-6H2,1H3,(H,15,18). The van der Waals surface area contributed by atoms with E-state index in [1.165, 1.54) is 0 Å². The Kier molecular flexibility index (Phi) is 4.30. The third-order valence-electron chi connectivity index (χ3n) is 3.50. The summed E-state index contributed by atoms with van der Waals surface area (Å²) in [5.74, 6) is -0.171. The van der Waals surface area contributed by atoms with Gasteiger partial charge in [0.05, 0.1) is 17.2 Å². The number of nitrogens with one attached hydrogen (secondary N) is 1. The molecule has 1 aliphatic carbocycles. The number of hydrogen-bond acceptors (Lipinski definition) is 2. The molecule has 1 saturated carbocycles. The number of aliphatic hydroxyl groups is 1. The van der Waals surface area contributed by atoms with Crippen molar-refractivity contribution in [1.82, 2.24) is 9.88 Å². The number of aryl methyl sites for hydroxylation is 1. The first kappa shape index (κ1) is 13.4. The maximum atomic E-state index is 12.1. The second-order valence-electron chi connectivity index (χ2n) is 4.94. The maximum Gasteiger partial charge on any atom is 0.268 e. The third kappa shape index (κ3) is 3.06. The summed E-state index contributed by atoms with van der Waals surface area (Å²) in [4.78, 5) is 12.1. The van der Waals surface area contributed by atoms with Gasteiger partial charge in [-0.15, -0.1) is 0 Å². The Morgan fingerprint density at radius 3 is 2.83 bits per heavy atom. The van der Waals surface area contributed by atoms with E-state index in [1.54, 1.807) is 23.9 Å². The van der Waals surface area contributed by atoms with Gasteiger partial charge in [-0.2, -0.15) is 0 Å². The number of carbonyl (C=O) groups excluding carboxylic acids is 1. The summed E-state index contributed by atoms with van der Waals surface area (Å²) in [5.41, 5.74) is 0.524. The SMILES string of the molecule is Cn1cc(Cl)cc1C(=O)NC1CCCCCC1O. The van der Waals surface area contributed by atoms with Crippen molar-refractivity contribution in [2.45, 2.75) is 44.2 Å². The van der Waals surface area contributed by atoms with Crippen LogP contribution in [0.3, 0.4) is 0 Å². The summed E-state index contributed by atoms with van der Waals surface area (Å²) in [6.07, 6.45) is 6.06. The largest absolute Gasteiger partial charge is 0.391 e. The van der Waals surface area contributed by atoms with E-state index in [2.05, 4.69) is 5.32 Å². The molecule has 0 aromatic carbocycles. The van der Waals surface area contributed by atoms with Crippen molar-refractivity contribution >= 4 is 17.5 Å². The molecule has 0 radical (unpaired) electrons. The number of amides is 1. The van der Waals surface area contributed by atoms with Gasteiger partial charge in [0, 0.05) is 13.2 Å². The van der Waals surface area contributed by atoms with E-state index in [0.717, 1.165) is 32.1 Å². The van der Waals surface area contributed by atoms with Crippen molar-refractivity contribution in [3.8, 4) is 0 Å². The molecule has 2 atom stereocenters. The van der Waals surface area contributed by atoms with Crippen molar-refractivity contribution in [2.75, 3.05) is 0 Å². The molecule has 4 nitrogen and oxygen atoms in total. The molecule has 1 aromatic heterocycles. The Hall–Kier alpha value is -1.00. The van der Waals surface area contributed by atoms with Crippen LogP contribution in [0, 0.1) is 0 Å². The third-order valence-corrected chi connectivity index (χ3v) is 3.71. The minimum atomic E-state index is -0.438. The number of hydrogen-bond donors (Lipinski definition) is 2. The smallest absolute Gasteiger partial charge is 0.268 e. The molecule has 1 fully saturated rings. The van der Waals surface area contributed by atoms with Crippen LogP contribution < -0.4 is 5.32 Å². The van der Waals surface area contributed by atoms with Gasteiger partial charge in [-0.05, 0) is 18.9 Å². The highest BCUT2D eigenvalue weighted by Crippen LogP contribution is 2.19. The van der Waals surface area contributed by atoms with Crippen LogP contribution in [0.25, 0.3) is 0 Å². The highest BCUT2D eigenvalue weighted by atomic mass is 35.5. The summed E-state index contributed by atoms with van der Waals surface area (Å²) in [5, 5.41) is 13.4. The van der Waals surface area contributed by atoms with Crippen molar-refractivity contribution in [1.29, 1.82) is 0 Å². The Bertz CT molecular complexity index is 431. The lowest BCUT2D eigenvalue weighted by Gasteiger charge is -2.21. The maximum absolute atomic E-state index is 12.1. The zero-order valence-corrected chi connectivity index (χ0v) is 11.3. The Balaban J connectivity index is 2.04. The topological polar surface area (TPSA) is 54.3 Å². The zero-order chi connectivity index (χ0) is 13.1. The molecule has 0 aliphatic heterocycles. The fraction of sp³-hybridized carbons (Fsp3) is 0.615. The molecule has 0 bridgehead atoms. The van der Waals surface area contributed by atoms with Gasteiger partial charge in [-0.3, -0.25) is 4.79 Å². The average molecular weight is 271 g/mol. The normalized spacial score (nSPS) is 24.6. The lowest BCUT2D eigenvalue weighted by molar-refractivity contribution is 0.0811. The molecular weight excluding hydrogens is 252 g/mol. The molecule has 0 saturated heterocycles. The fourth-order valence-corrected chi connectivity index (χ4v) is 2.70. The zero-order valence-electron chi connectivity index (χ0n) is 10.5. The molecule has 100 valence electrons. The minimum absolute atomic E-state index is 0.145. The highest BCUT2D eigenvalue weighted by Gasteiger charge is 2.24. The van der Waals surface area contributed by atoms with E-state index in [4.69, 9.17) is 11.6 Å². The van der Waals surface area contributed by atoms with Crippen LogP contribution in [0.15, 0.2) is 12.3 Å². The number of nitrogens with zero attached hydrogens (tertiary/aromatic N) is 1. The summed E-state index contributed by atoms with van der Waals surface area (Å²) >= 11 is 5.86. The minimum Gasteiger partial charge on any atom is -0.391 e. The van der Waals surface area contributed by atoms with Crippen LogP contribution in [-0.4, -0.2) is 27.7 Å². The number of carbonyl (C=O) groups is 1. The van der Waals surface area contributed by atoms with Crippen LogP contribution in [-0.2, 0) is 7.05 Å². The van der Waals surface area contributed by atoms with Crippen LogP contribution in [0.2, 0.25) is 5.02 Å². The van der Waals surface area contributed by atoms with E-state index < -0.39 is 6.10 Å². The molecule has 1 heterocycles. The summed E-state index contributed by atoms with van der Waals surface area (Å²) in [6.45, 7) is 0. The van der Waals surface area contributed by atoms with Crippen LogP contribution >= 0.6 is 11.6 Å². The second kappa shape index (κ2) is 5.76. The molecule has 1 aromatic rings. The monoisotopic (exact) mass is 270 g/mol. The molecule has 2 unspecified atom stereocenters. The Labute approximate surface area is 112 Å². The Morgan fingerprint density at radius 2 is 2.17 bits per heavy atom. The number of aromatic nitrogens is 1.